The first kappa shape index (κ1) is 17.7. The topological polar surface area (TPSA) is 41.6 Å². The highest BCUT2D eigenvalue weighted by molar-refractivity contribution is 5.85. The molecule has 2 fully saturated rings. The van der Waals surface area contributed by atoms with E-state index in [2.05, 4.69) is 24.1 Å². The summed E-state index contributed by atoms with van der Waals surface area (Å²) < 4.78 is 5.43. The van der Waals surface area contributed by atoms with Crippen LogP contribution in [0.2, 0.25) is 0 Å². The van der Waals surface area contributed by atoms with Gasteiger partial charge in [0, 0.05) is 31.6 Å². The Labute approximate surface area is 129 Å². The lowest BCUT2D eigenvalue weighted by Gasteiger charge is -2.41. The van der Waals surface area contributed by atoms with Gasteiger partial charge in [-0.25, -0.2) is 0 Å². The van der Waals surface area contributed by atoms with Gasteiger partial charge in [0.05, 0.1) is 13.2 Å². The summed E-state index contributed by atoms with van der Waals surface area (Å²) in [5.41, 5.74) is 0. The van der Waals surface area contributed by atoms with E-state index in [-0.39, 0.29) is 18.4 Å². The summed E-state index contributed by atoms with van der Waals surface area (Å²) >= 11 is 0. The van der Waals surface area contributed by atoms with Crippen LogP contribution in [0.4, 0.5) is 0 Å². The summed E-state index contributed by atoms with van der Waals surface area (Å²) in [6.45, 7) is 7.76. The Bertz CT molecular complexity index is 296. The quantitative estimate of drug-likeness (QED) is 0.866. The van der Waals surface area contributed by atoms with Gasteiger partial charge in [-0.2, -0.15) is 0 Å². The number of hydrogen-bond acceptors (Lipinski definition) is 3. The van der Waals surface area contributed by atoms with Gasteiger partial charge in [0.25, 0.3) is 0 Å². The van der Waals surface area contributed by atoms with Gasteiger partial charge in [0.1, 0.15) is 0 Å². The Kier molecular flexibility index (Phi) is 7.85. The second-order valence-corrected chi connectivity index (χ2v) is 5.99. The lowest BCUT2D eigenvalue weighted by atomic mass is 9.87. The lowest BCUT2D eigenvalue weighted by Crippen LogP contribution is -2.51. The van der Waals surface area contributed by atoms with E-state index in [9.17, 15) is 4.79 Å². The molecule has 0 aromatic rings. The van der Waals surface area contributed by atoms with Crippen LogP contribution in [0.5, 0.6) is 0 Å². The number of rotatable bonds is 4. The molecule has 20 heavy (non-hydrogen) atoms. The van der Waals surface area contributed by atoms with Gasteiger partial charge in [0.15, 0.2) is 0 Å². The van der Waals surface area contributed by atoms with Crippen molar-refractivity contribution in [3.8, 4) is 0 Å². The van der Waals surface area contributed by atoms with E-state index in [1.54, 1.807) is 0 Å². The minimum Gasteiger partial charge on any atom is -0.378 e. The minimum absolute atomic E-state index is 0. The van der Waals surface area contributed by atoms with E-state index in [4.69, 9.17) is 4.74 Å². The van der Waals surface area contributed by atoms with Crippen molar-refractivity contribution < 1.29 is 9.53 Å². The number of nitrogens with one attached hydrogen (secondary N) is 1. The molecule has 2 rings (SSSR count). The van der Waals surface area contributed by atoms with Gasteiger partial charge in [-0.1, -0.05) is 20.3 Å². The summed E-state index contributed by atoms with van der Waals surface area (Å²) in [6, 6.07) is 0.663. The maximum absolute atomic E-state index is 12.5. The van der Waals surface area contributed by atoms with Crippen LogP contribution in [0.3, 0.4) is 0 Å². The van der Waals surface area contributed by atoms with Crippen LogP contribution in [0, 0.1) is 5.92 Å². The van der Waals surface area contributed by atoms with Crippen LogP contribution in [-0.4, -0.2) is 49.2 Å². The molecular weight excluding hydrogens is 276 g/mol. The van der Waals surface area contributed by atoms with Crippen LogP contribution in [-0.2, 0) is 9.53 Å². The van der Waals surface area contributed by atoms with Gasteiger partial charge < -0.3 is 15.0 Å². The number of halogens is 1. The van der Waals surface area contributed by atoms with Crippen LogP contribution >= 0.6 is 12.4 Å². The van der Waals surface area contributed by atoms with Crippen molar-refractivity contribution in [3.63, 3.8) is 0 Å². The zero-order chi connectivity index (χ0) is 13.7. The number of piperidine rings is 1. The maximum atomic E-state index is 12.5. The van der Waals surface area contributed by atoms with Crippen LogP contribution in [0.25, 0.3) is 0 Å². The maximum Gasteiger partial charge on any atom is 0.224 e. The van der Waals surface area contributed by atoms with Gasteiger partial charge in [0.2, 0.25) is 5.91 Å². The number of likely N-dealkylation sites (tertiary alicyclic amines) is 1. The molecule has 2 heterocycles. The molecule has 5 heteroatoms. The van der Waals surface area contributed by atoms with Crippen molar-refractivity contribution in [1.29, 1.82) is 0 Å². The SMILES string of the molecule is CCCC1C(C)CCCN1C(=O)CC1COCCN1.Cl. The Morgan fingerprint density at radius 3 is 2.90 bits per heavy atom. The number of hydrogen-bond donors (Lipinski definition) is 1. The zero-order valence-electron chi connectivity index (χ0n) is 12.8. The third kappa shape index (κ3) is 4.61. The average molecular weight is 305 g/mol. The molecule has 2 aliphatic heterocycles. The molecule has 2 aliphatic rings. The van der Waals surface area contributed by atoms with E-state index in [1.807, 2.05) is 0 Å². The van der Waals surface area contributed by atoms with Crippen LogP contribution < -0.4 is 5.32 Å². The highest BCUT2D eigenvalue weighted by atomic mass is 35.5. The molecule has 2 saturated heterocycles. The van der Waals surface area contributed by atoms with Gasteiger partial charge >= 0.3 is 0 Å². The largest absolute Gasteiger partial charge is 0.378 e. The molecule has 0 aliphatic carbocycles. The average Bonchev–Trinajstić information content (AvgIpc) is 2.42. The van der Waals surface area contributed by atoms with Gasteiger partial charge in [-0.05, 0) is 25.2 Å². The van der Waals surface area contributed by atoms with Crippen molar-refractivity contribution in [2.24, 2.45) is 5.92 Å². The summed E-state index contributed by atoms with van der Waals surface area (Å²) in [6.07, 6.45) is 5.30. The highest BCUT2D eigenvalue weighted by Crippen LogP contribution is 2.27. The van der Waals surface area contributed by atoms with Crippen LogP contribution in [0.1, 0.15) is 46.0 Å². The fourth-order valence-electron chi connectivity index (χ4n) is 3.37. The highest BCUT2D eigenvalue weighted by Gasteiger charge is 2.32. The minimum atomic E-state index is 0. The first-order chi connectivity index (χ1) is 9.22. The van der Waals surface area contributed by atoms with Crippen molar-refractivity contribution in [2.75, 3.05) is 26.3 Å². The van der Waals surface area contributed by atoms with Gasteiger partial charge in [-0.15, -0.1) is 12.4 Å². The summed E-state index contributed by atoms with van der Waals surface area (Å²) in [5.74, 6) is 0.959. The van der Waals surface area contributed by atoms with E-state index in [0.29, 0.717) is 30.9 Å². The fraction of sp³-hybridized carbons (Fsp3) is 0.933. The van der Waals surface area contributed by atoms with Crippen molar-refractivity contribution >= 4 is 18.3 Å². The summed E-state index contributed by atoms with van der Waals surface area (Å²) in [4.78, 5) is 14.7. The standard InChI is InChI=1S/C15H28N2O2.ClH/c1-3-5-14-12(2)6-4-8-17(14)15(18)10-13-11-19-9-7-16-13;/h12-14,16H,3-11H2,1-2H3;1H. The van der Waals surface area contributed by atoms with Crippen molar-refractivity contribution in [1.82, 2.24) is 10.2 Å². The second-order valence-electron chi connectivity index (χ2n) is 5.99. The lowest BCUT2D eigenvalue weighted by molar-refractivity contribution is -0.137. The molecule has 3 atom stereocenters. The third-order valence-electron chi connectivity index (χ3n) is 4.44. The van der Waals surface area contributed by atoms with E-state index < -0.39 is 0 Å². The Balaban J connectivity index is 0.00000200. The zero-order valence-corrected chi connectivity index (χ0v) is 13.6. The first-order valence-electron chi connectivity index (χ1n) is 7.83. The second kappa shape index (κ2) is 8.85. The molecule has 0 radical (unpaired) electrons. The molecule has 1 N–H and O–H groups in total. The predicted molar refractivity (Wildman–Crippen MR) is 83.3 cm³/mol. The number of amides is 1. The molecule has 4 nitrogen and oxygen atoms in total. The molecule has 3 unspecified atom stereocenters. The predicted octanol–water partition coefficient (Wildman–Crippen LogP) is 2.21. The number of morpholine rings is 1. The monoisotopic (exact) mass is 304 g/mol. The van der Waals surface area contributed by atoms with Crippen LogP contribution in [0.15, 0.2) is 0 Å². The fourth-order valence-corrected chi connectivity index (χ4v) is 3.37. The van der Waals surface area contributed by atoms with Crippen molar-refractivity contribution in [3.05, 3.63) is 0 Å². The van der Waals surface area contributed by atoms with E-state index >= 15 is 0 Å². The van der Waals surface area contributed by atoms with E-state index in [1.165, 1.54) is 6.42 Å². The first-order valence-corrected chi connectivity index (χ1v) is 7.83. The number of ether oxygens (including phenoxy) is 1. The molecule has 0 aromatic carbocycles. The van der Waals surface area contributed by atoms with Crippen molar-refractivity contribution in [2.45, 2.75) is 58.0 Å². The molecule has 0 aromatic heterocycles. The molecule has 0 saturated carbocycles. The number of nitrogens with zero attached hydrogens (tertiary/aromatic N) is 1. The molecular formula is C15H29ClN2O2. The normalized spacial score (nSPS) is 30.7. The Hall–Kier alpha value is -0.320. The summed E-state index contributed by atoms with van der Waals surface area (Å²) in [5, 5.41) is 3.37. The third-order valence-corrected chi connectivity index (χ3v) is 4.44. The Morgan fingerprint density at radius 1 is 1.45 bits per heavy atom. The molecule has 118 valence electrons. The van der Waals surface area contributed by atoms with Gasteiger partial charge in [-0.3, -0.25) is 4.79 Å². The molecule has 0 spiro atoms. The number of carbonyl (C=O) groups excluding carboxylic acids is 1. The van der Waals surface area contributed by atoms with E-state index in [0.717, 1.165) is 39.0 Å². The molecule has 0 bridgehead atoms. The molecule has 1 amide bonds. The summed E-state index contributed by atoms with van der Waals surface area (Å²) in [7, 11) is 0. The smallest absolute Gasteiger partial charge is 0.224 e. The Morgan fingerprint density at radius 2 is 2.25 bits per heavy atom. The number of carbonyl (C=O) groups is 1.